The van der Waals surface area contributed by atoms with Gasteiger partial charge in [-0.25, -0.2) is 9.78 Å². The number of nitrogens with one attached hydrogen (secondary N) is 1. The van der Waals surface area contributed by atoms with Crippen LogP contribution in [0, 0.1) is 0 Å². The third kappa shape index (κ3) is 5.43. The highest BCUT2D eigenvalue weighted by Crippen LogP contribution is 2.33. The SMILES string of the molecule is CCCc1cc(Oc2ccc(Cl)cn2)ccc1Oc1cccc(C[C@@]2(C)OC(=O)NC2=O)c1. The van der Waals surface area contributed by atoms with Crippen LogP contribution in [0.4, 0.5) is 4.79 Å². The van der Waals surface area contributed by atoms with Crippen LogP contribution < -0.4 is 14.8 Å². The molecule has 0 radical (unpaired) electrons. The van der Waals surface area contributed by atoms with Gasteiger partial charge < -0.3 is 14.2 Å². The first-order valence-corrected chi connectivity index (χ1v) is 11.0. The van der Waals surface area contributed by atoms with Gasteiger partial charge in [0.05, 0.1) is 5.02 Å². The van der Waals surface area contributed by atoms with Gasteiger partial charge in [-0.2, -0.15) is 0 Å². The van der Waals surface area contributed by atoms with Gasteiger partial charge in [-0.1, -0.05) is 37.1 Å². The van der Waals surface area contributed by atoms with Crippen molar-refractivity contribution in [3.63, 3.8) is 0 Å². The van der Waals surface area contributed by atoms with E-state index in [1.807, 2.05) is 42.5 Å². The van der Waals surface area contributed by atoms with Crippen molar-refractivity contribution in [1.29, 1.82) is 0 Å². The predicted molar refractivity (Wildman–Crippen MR) is 123 cm³/mol. The fourth-order valence-electron chi connectivity index (χ4n) is 3.58. The Kier molecular flexibility index (Phi) is 6.51. The van der Waals surface area contributed by atoms with Crippen LogP contribution in [0.1, 0.15) is 31.4 Å². The van der Waals surface area contributed by atoms with E-state index in [1.165, 1.54) is 6.20 Å². The third-order valence-electron chi connectivity index (χ3n) is 5.16. The number of aryl methyl sites for hydroxylation is 1. The van der Waals surface area contributed by atoms with Gasteiger partial charge in [0, 0.05) is 18.7 Å². The van der Waals surface area contributed by atoms with Crippen LogP contribution in [0.2, 0.25) is 5.02 Å². The average Bonchev–Trinajstić information content (AvgIpc) is 3.03. The average molecular weight is 467 g/mol. The summed E-state index contributed by atoms with van der Waals surface area (Å²) in [5.74, 6) is 1.98. The molecular weight excluding hydrogens is 444 g/mol. The van der Waals surface area contributed by atoms with Crippen LogP contribution in [0.5, 0.6) is 23.1 Å². The van der Waals surface area contributed by atoms with E-state index in [0.29, 0.717) is 28.2 Å². The number of alkyl carbamates (subject to hydrolysis) is 1. The molecule has 1 fully saturated rings. The molecule has 2 amide bonds. The molecule has 1 saturated heterocycles. The molecule has 2 heterocycles. The summed E-state index contributed by atoms with van der Waals surface area (Å²) in [5, 5.41) is 2.72. The van der Waals surface area contributed by atoms with Crippen LogP contribution in [-0.4, -0.2) is 22.6 Å². The van der Waals surface area contributed by atoms with Gasteiger partial charge in [0.15, 0.2) is 5.60 Å². The molecule has 2 aromatic carbocycles. The summed E-state index contributed by atoms with van der Waals surface area (Å²) in [4.78, 5) is 27.7. The largest absolute Gasteiger partial charge is 0.457 e. The first-order chi connectivity index (χ1) is 15.8. The topological polar surface area (TPSA) is 86.8 Å². The van der Waals surface area contributed by atoms with E-state index in [2.05, 4.69) is 17.2 Å². The number of halogens is 1. The number of cyclic esters (lactones) is 1. The van der Waals surface area contributed by atoms with Crippen LogP contribution in [0.25, 0.3) is 0 Å². The number of imide groups is 1. The predicted octanol–water partition coefficient (Wildman–Crippen LogP) is 5.84. The van der Waals surface area contributed by atoms with Gasteiger partial charge in [-0.3, -0.25) is 10.1 Å². The van der Waals surface area contributed by atoms with Gasteiger partial charge in [0.1, 0.15) is 17.2 Å². The summed E-state index contributed by atoms with van der Waals surface area (Å²) in [6.45, 7) is 3.68. The van der Waals surface area contributed by atoms with E-state index in [4.69, 9.17) is 25.8 Å². The van der Waals surface area contributed by atoms with Crippen molar-refractivity contribution in [2.75, 3.05) is 0 Å². The number of ether oxygens (including phenoxy) is 3. The second-order valence-corrected chi connectivity index (χ2v) is 8.37. The number of aromatic nitrogens is 1. The molecule has 3 aromatic rings. The summed E-state index contributed by atoms with van der Waals surface area (Å²) < 4.78 is 17.2. The quantitative estimate of drug-likeness (QED) is 0.448. The minimum Gasteiger partial charge on any atom is -0.457 e. The highest BCUT2D eigenvalue weighted by atomic mass is 35.5. The smallest absolute Gasteiger partial charge is 0.415 e. The Labute approximate surface area is 196 Å². The number of benzene rings is 2. The van der Waals surface area contributed by atoms with Crippen LogP contribution >= 0.6 is 11.6 Å². The van der Waals surface area contributed by atoms with E-state index in [0.717, 1.165) is 24.0 Å². The molecular formula is C25H23ClN2O5. The number of rotatable bonds is 8. The lowest BCUT2D eigenvalue weighted by molar-refractivity contribution is -0.129. The molecule has 8 heteroatoms. The number of pyridine rings is 1. The molecule has 170 valence electrons. The number of hydrogen-bond acceptors (Lipinski definition) is 6. The van der Waals surface area contributed by atoms with Gasteiger partial charge in [-0.15, -0.1) is 0 Å². The zero-order chi connectivity index (χ0) is 23.4. The summed E-state index contributed by atoms with van der Waals surface area (Å²) in [5.41, 5.74) is 0.564. The van der Waals surface area contributed by atoms with E-state index >= 15 is 0 Å². The van der Waals surface area contributed by atoms with E-state index in [1.54, 1.807) is 19.1 Å². The Balaban J connectivity index is 1.52. The molecule has 33 heavy (non-hydrogen) atoms. The number of nitrogens with zero attached hydrogens (tertiary/aromatic N) is 1. The molecule has 0 aliphatic carbocycles. The van der Waals surface area contributed by atoms with Gasteiger partial charge in [-0.05, 0) is 60.9 Å². The Morgan fingerprint density at radius 3 is 2.58 bits per heavy atom. The van der Waals surface area contributed by atoms with Crippen LogP contribution in [0.3, 0.4) is 0 Å². The van der Waals surface area contributed by atoms with E-state index in [-0.39, 0.29) is 6.42 Å². The second-order valence-electron chi connectivity index (χ2n) is 7.94. The highest BCUT2D eigenvalue weighted by molar-refractivity contribution is 6.30. The Morgan fingerprint density at radius 2 is 1.88 bits per heavy atom. The van der Waals surface area contributed by atoms with Crippen molar-refractivity contribution < 1.29 is 23.8 Å². The molecule has 1 aromatic heterocycles. The van der Waals surface area contributed by atoms with Crippen molar-refractivity contribution in [2.45, 2.75) is 38.7 Å². The maximum atomic E-state index is 12.1. The van der Waals surface area contributed by atoms with Crippen LogP contribution in [0.15, 0.2) is 60.8 Å². The summed E-state index contributed by atoms with van der Waals surface area (Å²) >= 11 is 5.88. The normalized spacial score (nSPS) is 17.4. The van der Waals surface area contributed by atoms with Gasteiger partial charge in [0.2, 0.25) is 5.88 Å². The first kappa shape index (κ1) is 22.6. The lowest BCUT2D eigenvalue weighted by Crippen LogP contribution is -2.38. The molecule has 0 unspecified atom stereocenters. The maximum Gasteiger partial charge on any atom is 0.415 e. The Hall–Kier alpha value is -3.58. The Bertz CT molecular complexity index is 1180. The minimum absolute atomic E-state index is 0.241. The molecule has 1 aliphatic rings. The zero-order valence-electron chi connectivity index (χ0n) is 18.3. The molecule has 1 N–H and O–H groups in total. The molecule has 1 aliphatic heterocycles. The summed E-state index contributed by atoms with van der Waals surface area (Å²) in [6, 6.07) is 16.4. The molecule has 7 nitrogen and oxygen atoms in total. The zero-order valence-corrected chi connectivity index (χ0v) is 19.0. The number of carbonyl (C=O) groups excluding carboxylic acids is 2. The monoisotopic (exact) mass is 466 g/mol. The number of carbonyl (C=O) groups is 2. The van der Waals surface area contributed by atoms with Crippen molar-refractivity contribution in [3.05, 3.63) is 76.9 Å². The highest BCUT2D eigenvalue weighted by Gasteiger charge is 2.44. The number of hydrogen-bond donors (Lipinski definition) is 1. The second kappa shape index (κ2) is 9.50. The standard InChI is InChI=1S/C25H23ClN2O5/c1-3-5-17-13-20(32-22-11-8-18(26)15-27-22)9-10-21(17)31-19-7-4-6-16(12-19)14-25(2)23(29)28-24(30)33-25/h4,6-13,15H,3,5,14H2,1-2H3,(H,28,29,30)/t25-/m1/s1. The molecule has 0 saturated carbocycles. The van der Waals surface area contributed by atoms with E-state index < -0.39 is 17.6 Å². The fourth-order valence-corrected chi connectivity index (χ4v) is 3.69. The van der Waals surface area contributed by atoms with Gasteiger partial charge in [0.25, 0.3) is 5.91 Å². The number of amides is 2. The molecule has 0 spiro atoms. The van der Waals surface area contributed by atoms with Crippen molar-refractivity contribution in [2.24, 2.45) is 0 Å². The van der Waals surface area contributed by atoms with Gasteiger partial charge >= 0.3 is 6.09 Å². The fraction of sp³-hybridized carbons (Fsp3) is 0.240. The molecule has 4 rings (SSSR count). The van der Waals surface area contributed by atoms with Crippen molar-refractivity contribution >= 4 is 23.6 Å². The lowest BCUT2D eigenvalue weighted by atomic mass is 9.96. The van der Waals surface area contributed by atoms with Crippen molar-refractivity contribution in [1.82, 2.24) is 10.3 Å². The van der Waals surface area contributed by atoms with Crippen LogP contribution in [-0.2, 0) is 22.4 Å². The molecule has 1 atom stereocenters. The Morgan fingerprint density at radius 1 is 1.06 bits per heavy atom. The molecule has 0 bridgehead atoms. The third-order valence-corrected chi connectivity index (χ3v) is 5.38. The lowest BCUT2D eigenvalue weighted by Gasteiger charge is -2.19. The van der Waals surface area contributed by atoms with Crippen molar-refractivity contribution in [3.8, 4) is 23.1 Å². The minimum atomic E-state index is -1.24. The maximum absolute atomic E-state index is 12.1. The summed E-state index contributed by atoms with van der Waals surface area (Å²) in [7, 11) is 0. The first-order valence-electron chi connectivity index (χ1n) is 10.6. The summed E-state index contributed by atoms with van der Waals surface area (Å²) in [6.07, 6.45) is 2.78. The van der Waals surface area contributed by atoms with E-state index in [9.17, 15) is 9.59 Å².